The molecule has 0 bridgehead atoms. The molecule has 1 aromatic rings. The molecule has 1 N–H and O–H groups in total. The molecule has 3 heteroatoms. The predicted octanol–water partition coefficient (Wildman–Crippen LogP) is 3.61. The number of nitrogens with zero attached hydrogens (tertiary/aromatic N) is 1. The van der Waals surface area contributed by atoms with Gasteiger partial charge in [-0.15, -0.1) is 0 Å². The lowest BCUT2D eigenvalue weighted by molar-refractivity contribution is 0.285. The first-order valence-electron chi connectivity index (χ1n) is 5.45. The number of rotatable bonds is 1. The summed E-state index contributed by atoms with van der Waals surface area (Å²) in [7, 11) is 0. The molecule has 1 saturated carbocycles. The van der Waals surface area contributed by atoms with Crippen LogP contribution in [0.2, 0.25) is 0 Å². The Morgan fingerprint density at radius 1 is 1.36 bits per heavy atom. The molecule has 0 amide bonds. The molecule has 1 aliphatic rings. The van der Waals surface area contributed by atoms with Gasteiger partial charge in [0, 0.05) is 17.9 Å². The SMILES string of the molecule is Cc1c[nH]c(=S)n1C1CCC(C)CC1. The third-order valence-electron chi connectivity index (χ3n) is 3.35. The highest BCUT2D eigenvalue weighted by Crippen LogP contribution is 2.32. The van der Waals surface area contributed by atoms with Crippen molar-refractivity contribution in [3.63, 3.8) is 0 Å². The van der Waals surface area contributed by atoms with Crippen LogP contribution in [0.25, 0.3) is 0 Å². The smallest absolute Gasteiger partial charge is 0.177 e. The lowest BCUT2D eigenvalue weighted by Gasteiger charge is -2.28. The number of aryl methyl sites for hydroxylation is 1. The number of imidazole rings is 1. The van der Waals surface area contributed by atoms with Crippen LogP contribution in [0.1, 0.15) is 44.3 Å². The van der Waals surface area contributed by atoms with E-state index in [1.54, 1.807) is 0 Å². The molecule has 1 heterocycles. The molecule has 0 atom stereocenters. The number of aromatic amines is 1. The van der Waals surface area contributed by atoms with Gasteiger partial charge in [0.25, 0.3) is 0 Å². The van der Waals surface area contributed by atoms with E-state index in [0.717, 1.165) is 10.7 Å². The van der Waals surface area contributed by atoms with Crippen LogP contribution in [0.5, 0.6) is 0 Å². The van der Waals surface area contributed by atoms with Crippen LogP contribution in [0, 0.1) is 17.6 Å². The maximum absolute atomic E-state index is 5.29. The van der Waals surface area contributed by atoms with Crippen molar-refractivity contribution in [2.45, 2.75) is 45.6 Å². The van der Waals surface area contributed by atoms with Crippen LogP contribution in [0.15, 0.2) is 6.20 Å². The molecule has 0 saturated heterocycles. The summed E-state index contributed by atoms with van der Waals surface area (Å²) in [6.07, 6.45) is 7.27. The average molecular weight is 210 g/mol. The Hall–Kier alpha value is -0.570. The van der Waals surface area contributed by atoms with Crippen LogP contribution in [0.4, 0.5) is 0 Å². The first kappa shape index (κ1) is 9.97. The first-order chi connectivity index (χ1) is 6.68. The number of aromatic nitrogens is 2. The van der Waals surface area contributed by atoms with E-state index < -0.39 is 0 Å². The summed E-state index contributed by atoms with van der Waals surface area (Å²) in [4.78, 5) is 3.12. The van der Waals surface area contributed by atoms with Crippen molar-refractivity contribution in [3.8, 4) is 0 Å². The summed E-state index contributed by atoms with van der Waals surface area (Å²) in [5.41, 5.74) is 1.27. The van der Waals surface area contributed by atoms with Crippen molar-refractivity contribution in [3.05, 3.63) is 16.7 Å². The maximum atomic E-state index is 5.29. The lowest BCUT2D eigenvalue weighted by Crippen LogP contribution is -2.17. The third kappa shape index (κ3) is 1.78. The first-order valence-corrected chi connectivity index (χ1v) is 5.86. The summed E-state index contributed by atoms with van der Waals surface area (Å²) >= 11 is 5.29. The Bertz CT molecular complexity index is 356. The highest BCUT2D eigenvalue weighted by molar-refractivity contribution is 7.71. The van der Waals surface area contributed by atoms with Crippen LogP contribution in [0.3, 0.4) is 0 Å². The Balaban J connectivity index is 2.20. The third-order valence-corrected chi connectivity index (χ3v) is 3.67. The Kier molecular flexibility index (Phi) is 2.77. The van der Waals surface area contributed by atoms with Gasteiger partial charge in [0.05, 0.1) is 0 Å². The Morgan fingerprint density at radius 2 is 2.00 bits per heavy atom. The van der Waals surface area contributed by atoms with Crippen LogP contribution < -0.4 is 0 Å². The zero-order valence-electron chi connectivity index (χ0n) is 8.92. The second-order valence-corrected chi connectivity index (χ2v) is 4.91. The number of hydrogen-bond acceptors (Lipinski definition) is 1. The molecule has 1 aromatic heterocycles. The minimum absolute atomic E-state index is 0.643. The molecular formula is C11H18N2S. The fraction of sp³-hybridized carbons (Fsp3) is 0.727. The summed E-state index contributed by atoms with van der Waals surface area (Å²) in [6.45, 7) is 4.48. The average Bonchev–Trinajstić information content (AvgIpc) is 2.49. The summed E-state index contributed by atoms with van der Waals surface area (Å²) in [6, 6.07) is 0.643. The van der Waals surface area contributed by atoms with Crippen LogP contribution >= 0.6 is 12.2 Å². The van der Waals surface area contributed by atoms with Gasteiger partial charge < -0.3 is 9.55 Å². The van der Waals surface area contributed by atoms with E-state index in [9.17, 15) is 0 Å². The monoisotopic (exact) mass is 210 g/mol. The van der Waals surface area contributed by atoms with E-state index in [1.165, 1.54) is 31.4 Å². The van der Waals surface area contributed by atoms with Gasteiger partial charge in [-0.1, -0.05) is 6.92 Å². The highest BCUT2D eigenvalue weighted by Gasteiger charge is 2.20. The molecule has 0 unspecified atom stereocenters. The second kappa shape index (κ2) is 3.89. The van der Waals surface area contributed by atoms with Gasteiger partial charge >= 0.3 is 0 Å². The van der Waals surface area contributed by atoms with Gasteiger partial charge in [0.15, 0.2) is 4.77 Å². The van der Waals surface area contributed by atoms with Crippen molar-refractivity contribution < 1.29 is 0 Å². The number of H-pyrrole nitrogens is 1. The molecule has 14 heavy (non-hydrogen) atoms. The fourth-order valence-corrected chi connectivity index (χ4v) is 2.77. The van der Waals surface area contributed by atoms with Crippen molar-refractivity contribution >= 4 is 12.2 Å². The number of hydrogen-bond donors (Lipinski definition) is 1. The van der Waals surface area contributed by atoms with Crippen LogP contribution in [-0.4, -0.2) is 9.55 Å². The molecule has 2 nitrogen and oxygen atoms in total. The largest absolute Gasteiger partial charge is 0.337 e. The van der Waals surface area contributed by atoms with Gasteiger partial charge in [-0.25, -0.2) is 0 Å². The van der Waals surface area contributed by atoms with E-state index >= 15 is 0 Å². The second-order valence-electron chi connectivity index (χ2n) is 4.52. The van der Waals surface area contributed by atoms with Gasteiger partial charge in [-0.3, -0.25) is 0 Å². The quantitative estimate of drug-likeness (QED) is 0.702. The van der Waals surface area contributed by atoms with Crippen molar-refractivity contribution in [2.24, 2.45) is 5.92 Å². The highest BCUT2D eigenvalue weighted by atomic mass is 32.1. The summed E-state index contributed by atoms with van der Waals surface area (Å²) < 4.78 is 3.18. The van der Waals surface area contributed by atoms with E-state index in [-0.39, 0.29) is 0 Å². The molecule has 0 aliphatic heterocycles. The van der Waals surface area contributed by atoms with Crippen molar-refractivity contribution in [2.75, 3.05) is 0 Å². The van der Waals surface area contributed by atoms with Crippen molar-refractivity contribution in [1.29, 1.82) is 0 Å². The van der Waals surface area contributed by atoms with Gasteiger partial charge in [0.1, 0.15) is 0 Å². The molecule has 1 fully saturated rings. The summed E-state index contributed by atoms with van der Waals surface area (Å²) in [5, 5.41) is 0. The molecule has 1 aliphatic carbocycles. The lowest BCUT2D eigenvalue weighted by atomic mass is 9.87. The molecule has 0 spiro atoms. The van der Waals surface area contributed by atoms with E-state index in [1.807, 2.05) is 6.20 Å². The summed E-state index contributed by atoms with van der Waals surface area (Å²) in [5.74, 6) is 0.902. The molecular weight excluding hydrogens is 192 g/mol. The molecule has 2 rings (SSSR count). The van der Waals surface area contributed by atoms with Gasteiger partial charge in [0.2, 0.25) is 0 Å². The zero-order chi connectivity index (χ0) is 10.1. The standard InChI is InChI=1S/C11H18N2S/c1-8-3-5-10(6-4-8)13-9(2)7-12-11(13)14/h7-8,10H,3-6H2,1-2H3,(H,12,14). The molecule has 0 radical (unpaired) electrons. The zero-order valence-corrected chi connectivity index (χ0v) is 9.73. The molecule has 0 aromatic carbocycles. The minimum Gasteiger partial charge on any atom is -0.337 e. The van der Waals surface area contributed by atoms with Crippen molar-refractivity contribution in [1.82, 2.24) is 9.55 Å². The Morgan fingerprint density at radius 3 is 2.50 bits per heavy atom. The Labute approximate surface area is 90.3 Å². The molecule has 78 valence electrons. The maximum Gasteiger partial charge on any atom is 0.177 e. The van der Waals surface area contributed by atoms with Crippen LogP contribution in [-0.2, 0) is 0 Å². The topological polar surface area (TPSA) is 20.7 Å². The minimum atomic E-state index is 0.643. The van der Waals surface area contributed by atoms with E-state index in [2.05, 4.69) is 23.4 Å². The van der Waals surface area contributed by atoms with Gasteiger partial charge in [-0.2, -0.15) is 0 Å². The fourth-order valence-electron chi connectivity index (χ4n) is 2.42. The number of nitrogens with one attached hydrogen (secondary N) is 1. The predicted molar refractivity (Wildman–Crippen MR) is 61.0 cm³/mol. The van der Waals surface area contributed by atoms with E-state index in [0.29, 0.717) is 6.04 Å². The van der Waals surface area contributed by atoms with E-state index in [4.69, 9.17) is 12.2 Å². The van der Waals surface area contributed by atoms with Gasteiger partial charge in [-0.05, 0) is 50.7 Å². The normalized spacial score (nSPS) is 27.9.